The van der Waals surface area contributed by atoms with Gasteiger partial charge in [0.15, 0.2) is 0 Å². The van der Waals surface area contributed by atoms with Crippen molar-refractivity contribution in [3.63, 3.8) is 0 Å². The van der Waals surface area contributed by atoms with E-state index < -0.39 is 23.1 Å². The second-order valence-electron chi connectivity index (χ2n) is 18.1. The molecule has 6 nitrogen and oxygen atoms in total. The molecule has 0 aliphatic heterocycles. The van der Waals surface area contributed by atoms with Crippen LogP contribution in [0.25, 0.3) is 0 Å². The second kappa shape index (κ2) is 24.3. The summed E-state index contributed by atoms with van der Waals surface area (Å²) in [5, 5.41) is 20.6. The fourth-order valence-corrected chi connectivity index (χ4v) is 9.37. The van der Waals surface area contributed by atoms with Crippen molar-refractivity contribution in [3.8, 4) is 0 Å². The van der Waals surface area contributed by atoms with E-state index in [4.69, 9.17) is 9.47 Å². The topological polar surface area (TPSA) is 93.1 Å². The van der Waals surface area contributed by atoms with Crippen molar-refractivity contribution in [1.29, 1.82) is 0 Å². The van der Waals surface area contributed by atoms with Crippen LogP contribution in [0.2, 0.25) is 0 Å². The highest BCUT2D eigenvalue weighted by molar-refractivity contribution is 5.90. The van der Waals surface area contributed by atoms with Gasteiger partial charge in [-0.3, -0.25) is 0 Å². The van der Waals surface area contributed by atoms with E-state index in [0.29, 0.717) is 0 Å². The van der Waals surface area contributed by atoms with Crippen LogP contribution in [0, 0.1) is 23.7 Å². The van der Waals surface area contributed by atoms with Crippen molar-refractivity contribution < 1.29 is 29.3 Å². The molecule has 2 aromatic carbocycles. The van der Waals surface area contributed by atoms with Gasteiger partial charge in [-0.2, -0.15) is 0 Å². The van der Waals surface area contributed by atoms with Crippen LogP contribution >= 0.6 is 0 Å². The summed E-state index contributed by atoms with van der Waals surface area (Å²) < 4.78 is 11.9. The minimum absolute atomic E-state index is 0.0363. The Bertz CT molecular complexity index is 1280. The van der Waals surface area contributed by atoms with Crippen molar-refractivity contribution in [2.24, 2.45) is 23.7 Å². The van der Waals surface area contributed by atoms with Gasteiger partial charge in [0.2, 0.25) is 11.2 Å². The van der Waals surface area contributed by atoms with E-state index in [9.17, 15) is 19.8 Å². The number of rotatable bonds is 27. The number of hydrogen-bond donors (Lipinski definition) is 2. The molecular weight excluding hydrogens is 697 g/mol. The van der Waals surface area contributed by atoms with Crippen LogP contribution in [-0.4, -0.2) is 33.4 Å². The maximum Gasteiger partial charge on any atom is 0.339 e. The quantitative estimate of drug-likeness (QED) is 0.0878. The predicted molar refractivity (Wildman–Crippen MR) is 229 cm³/mol. The predicted octanol–water partition coefficient (Wildman–Crippen LogP) is 13.3. The van der Waals surface area contributed by atoms with Gasteiger partial charge in [-0.05, 0) is 85.5 Å². The van der Waals surface area contributed by atoms with Crippen LogP contribution in [0.5, 0.6) is 0 Å². The van der Waals surface area contributed by atoms with Crippen LogP contribution in [-0.2, 0) is 45.1 Å². The summed E-state index contributed by atoms with van der Waals surface area (Å²) in [7, 11) is 0. The van der Waals surface area contributed by atoms with E-state index in [1.54, 1.807) is 0 Å². The molecule has 2 aliphatic rings. The number of unbranched alkanes of at least 4 members (excludes halogenated alkanes) is 6. The Morgan fingerprint density at radius 2 is 0.750 bits per heavy atom. The van der Waals surface area contributed by atoms with Crippen LogP contribution in [0.4, 0.5) is 0 Å². The van der Waals surface area contributed by atoms with Crippen LogP contribution < -0.4 is 0 Å². The van der Waals surface area contributed by atoms with Crippen LogP contribution in [0.1, 0.15) is 191 Å². The highest BCUT2D eigenvalue weighted by Gasteiger charge is 2.58. The third-order valence-electron chi connectivity index (χ3n) is 13.8. The van der Waals surface area contributed by atoms with Crippen LogP contribution in [0.15, 0.2) is 48.5 Å². The fourth-order valence-electron chi connectivity index (χ4n) is 9.37. The second-order valence-corrected chi connectivity index (χ2v) is 18.1. The van der Waals surface area contributed by atoms with Gasteiger partial charge in [0.25, 0.3) is 0 Å². The molecule has 2 fully saturated rings. The Labute approximate surface area is 340 Å². The number of aryl methyl sites for hydroxylation is 2. The summed E-state index contributed by atoms with van der Waals surface area (Å²) in [5.74, 6) is 0.964. The molecule has 2 saturated carbocycles. The number of ether oxygens (including phenoxy) is 2. The maximum absolute atomic E-state index is 12.7. The molecule has 0 heterocycles. The standard InChI is InChI=1S/C50H78O6/c1-5-7-9-15-39-21-25-41(26-22-39)17-11-13-19-43-29-33-45(34-30-43)37-55-49(3,47(51)52)50(4,48(53)54)56-38-46-35-31-44(32-36-46)20-14-12-18-42-27-23-40(24-28-42)16-10-8-6-2/h29-36,39-42H,5-28,37-38H2,1-4H3,(H,51,52)(H,53,54)/t39-,40-,41-,42-,49-,50-/m0/s1. The molecular formula is C50H78O6. The molecule has 2 aromatic rings. The molecule has 0 spiro atoms. The lowest BCUT2D eigenvalue weighted by Gasteiger charge is -2.39. The number of hydrogen-bond acceptors (Lipinski definition) is 4. The number of carboxylic acids is 2. The summed E-state index contributed by atoms with van der Waals surface area (Å²) in [6.45, 7) is 7.11. The number of benzene rings is 2. The van der Waals surface area contributed by atoms with E-state index in [1.807, 2.05) is 24.3 Å². The molecule has 0 unspecified atom stereocenters. The number of carboxylic acid groups (broad SMARTS) is 2. The fraction of sp³-hybridized carbons (Fsp3) is 0.720. The molecule has 2 aliphatic carbocycles. The average molecular weight is 775 g/mol. The van der Waals surface area contributed by atoms with Gasteiger partial charge >= 0.3 is 11.9 Å². The number of aliphatic carboxylic acids is 2. The van der Waals surface area contributed by atoms with Gasteiger partial charge < -0.3 is 19.7 Å². The molecule has 0 aromatic heterocycles. The molecule has 4 rings (SSSR count). The minimum Gasteiger partial charge on any atom is -0.479 e. The highest BCUT2D eigenvalue weighted by atomic mass is 16.6. The Morgan fingerprint density at radius 3 is 1.02 bits per heavy atom. The van der Waals surface area contributed by atoms with E-state index in [0.717, 1.165) is 47.6 Å². The Morgan fingerprint density at radius 1 is 0.482 bits per heavy atom. The third-order valence-corrected chi connectivity index (χ3v) is 13.8. The summed E-state index contributed by atoms with van der Waals surface area (Å²) in [6.07, 6.45) is 31.9. The molecule has 56 heavy (non-hydrogen) atoms. The highest BCUT2D eigenvalue weighted by Crippen LogP contribution is 2.37. The van der Waals surface area contributed by atoms with Gasteiger partial charge in [0, 0.05) is 0 Å². The summed E-state index contributed by atoms with van der Waals surface area (Å²) in [6, 6.07) is 16.1. The van der Waals surface area contributed by atoms with Gasteiger partial charge in [0.1, 0.15) is 0 Å². The maximum atomic E-state index is 12.7. The van der Waals surface area contributed by atoms with Gasteiger partial charge in [-0.25, -0.2) is 9.59 Å². The van der Waals surface area contributed by atoms with Crippen molar-refractivity contribution in [3.05, 3.63) is 70.8 Å². The first-order valence-electron chi connectivity index (χ1n) is 23.0. The van der Waals surface area contributed by atoms with E-state index in [1.165, 1.54) is 166 Å². The molecule has 0 bridgehead atoms. The average Bonchev–Trinajstić information content (AvgIpc) is 3.21. The lowest BCUT2D eigenvalue weighted by Crippen LogP contribution is -2.63. The SMILES string of the molecule is CCCCC[C@H]1CC[C@H](CCCCc2ccc(CO[C@@](C)(C(=O)O)[C@@](C)(OCc3ccc(CCCC[C@H]4CC[C@H](CCCCC)CC4)cc3)C(=O)O)cc2)CC1. The minimum atomic E-state index is -2.12. The third kappa shape index (κ3) is 14.6. The molecule has 0 radical (unpaired) electrons. The van der Waals surface area contributed by atoms with E-state index in [2.05, 4.69) is 38.1 Å². The molecule has 2 N–H and O–H groups in total. The number of carbonyl (C=O) groups is 2. The van der Waals surface area contributed by atoms with E-state index >= 15 is 0 Å². The van der Waals surface area contributed by atoms with Crippen molar-refractivity contribution in [2.75, 3.05) is 0 Å². The molecule has 0 saturated heterocycles. The van der Waals surface area contributed by atoms with E-state index in [-0.39, 0.29) is 13.2 Å². The summed E-state index contributed by atoms with van der Waals surface area (Å²) in [4.78, 5) is 25.3. The first-order chi connectivity index (χ1) is 27.1. The van der Waals surface area contributed by atoms with Crippen molar-refractivity contribution in [2.45, 2.75) is 206 Å². The largest absolute Gasteiger partial charge is 0.479 e. The van der Waals surface area contributed by atoms with Gasteiger partial charge in [0.05, 0.1) is 13.2 Å². The normalized spacial score (nSPS) is 22.3. The zero-order valence-corrected chi connectivity index (χ0v) is 35.8. The Hall–Kier alpha value is -2.70. The monoisotopic (exact) mass is 775 g/mol. The summed E-state index contributed by atoms with van der Waals surface area (Å²) >= 11 is 0. The lowest BCUT2D eigenvalue weighted by molar-refractivity contribution is -0.227. The molecule has 0 amide bonds. The van der Waals surface area contributed by atoms with Crippen molar-refractivity contribution in [1.82, 2.24) is 0 Å². The zero-order chi connectivity index (χ0) is 40.2. The summed E-state index contributed by atoms with van der Waals surface area (Å²) in [5.41, 5.74) is -0.147. The van der Waals surface area contributed by atoms with Crippen molar-refractivity contribution >= 4 is 11.9 Å². The lowest BCUT2D eigenvalue weighted by atomic mass is 9.78. The van der Waals surface area contributed by atoms with Crippen LogP contribution in [0.3, 0.4) is 0 Å². The molecule has 2 atom stereocenters. The first kappa shape index (κ1) is 46.0. The molecule has 314 valence electrons. The van der Waals surface area contributed by atoms with Gasteiger partial charge in [-0.1, -0.05) is 191 Å². The smallest absolute Gasteiger partial charge is 0.339 e. The van der Waals surface area contributed by atoms with Gasteiger partial charge in [-0.15, -0.1) is 0 Å². The Balaban J connectivity index is 1.17. The molecule has 6 heteroatoms. The first-order valence-corrected chi connectivity index (χ1v) is 23.0. The Kier molecular flexibility index (Phi) is 19.9. The zero-order valence-electron chi connectivity index (χ0n) is 35.8.